The Kier molecular flexibility index (Phi) is 4.46. The van der Waals surface area contributed by atoms with Crippen molar-refractivity contribution in [1.82, 2.24) is 25.4 Å². The molecule has 0 atom stereocenters. The van der Waals surface area contributed by atoms with Crippen LogP contribution < -0.4 is 11.5 Å². The Bertz CT molecular complexity index is 744. The maximum atomic E-state index is 5.50. The average molecular weight is 279 g/mol. The van der Waals surface area contributed by atoms with Crippen LogP contribution in [0.5, 0.6) is 0 Å². The molecule has 0 aromatic carbocycles. The fraction of sp³-hybridized carbons (Fsp3) is 0. The van der Waals surface area contributed by atoms with E-state index in [1.165, 1.54) is 0 Å². The number of nitrogens with one attached hydrogen (secondary N) is 1. The molecule has 0 fully saturated rings. The summed E-state index contributed by atoms with van der Waals surface area (Å²) < 4.78 is 0. The lowest BCUT2D eigenvalue weighted by atomic mass is 10.2. The first-order valence-corrected chi connectivity index (χ1v) is 5.95. The number of aromatic amines is 1. The van der Waals surface area contributed by atoms with E-state index in [0.29, 0.717) is 11.6 Å². The predicted molar refractivity (Wildman–Crippen MR) is 80.6 cm³/mol. The molecule has 0 bridgehead atoms. The van der Waals surface area contributed by atoms with Crippen molar-refractivity contribution >= 4 is 11.6 Å². The van der Waals surface area contributed by atoms with Gasteiger partial charge in [0.1, 0.15) is 17.3 Å². The van der Waals surface area contributed by atoms with Gasteiger partial charge in [-0.25, -0.2) is 9.97 Å². The standard InChI is InChI=1S/C7H7N5.C7H6N2/c8-7-3-5(1-2-9-7)6-4-10-12-11-6;1-2-6-3-4-9-7(8)5-6/h1-4H,(H2,8,9)(H,10,11,12);1,3-5H,(H2,8,9). The maximum absolute atomic E-state index is 5.50. The summed E-state index contributed by atoms with van der Waals surface area (Å²) >= 11 is 0. The van der Waals surface area contributed by atoms with Gasteiger partial charge in [-0.15, -0.1) is 6.42 Å². The van der Waals surface area contributed by atoms with E-state index in [1.54, 1.807) is 36.8 Å². The van der Waals surface area contributed by atoms with Gasteiger partial charge < -0.3 is 11.5 Å². The molecule has 0 radical (unpaired) electrons. The van der Waals surface area contributed by atoms with Crippen LogP contribution in [-0.2, 0) is 0 Å². The molecule has 0 saturated carbocycles. The molecule has 0 spiro atoms. The van der Waals surface area contributed by atoms with Crippen molar-refractivity contribution < 1.29 is 0 Å². The Morgan fingerprint density at radius 2 is 1.76 bits per heavy atom. The normalized spacial score (nSPS) is 9.29. The van der Waals surface area contributed by atoms with Crippen LogP contribution in [0.4, 0.5) is 11.6 Å². The van der Waals surface area contributed by atoms with Gasteiger partial charge in [-0.05, 0) is 24.3 Å². The van der Waals surface area contributed by atoms with Crippen molar-refractivity contribution in [2.75, 3.05) is 11.5 Å². The summed E-state index contributed by atoms with van der Waals surface area (Å²) in [6.45, 7) is 0. The Hall–Kier alpha value is -3.40. The number of nitrogens with two attached hydrogens (primary N) is 2. The number of nitrogens with zero attached hydrogens (tertiary/aromatic N) is 4. The van der Waals surface area contributed by atoms with Crippen LogP contribution in [0.2, 0.25) is 0 Å². The third-order valence-corrected chi connectivity index (χ3v) is 2.44. The van der Waals surface area contributed by atoms with Crippen molar-refractivity contribution in [2.24, 2.45) is 0 Å². The fourth-order valence-corrected chi connectivity index (χ4v) is 1.49. The van der Waals surface area contributed by atoms with E-state index in [4.69, 9.17) is 17.9 Å². The zero-order valence-electron chi connectivity index (χ0n) is 11.1. The highest BCUT2D eigenvalue weighted by molar-refractivity contribution is 5.60. The van der Waals surface area contributed by atoms with Crippen LogP contribution in [0.1, 0.15) is 5.56 Å². The predicted octanol–water partition coefficient (Wildman–Crippen LogP) is 1.09. The molecule has 3 rings (SSSR count). The molecule has 21 heavy (non-hydrogen) atoms. The summed E-state index contributed by atoms with van der Waals surface area (Å²) in [6.07, 6.45) is 9.95. The molecule has 3 aromatic rings. The summed E-state index contributed by atoms with van der Waals surface area (Å²) in [5, 5.41) is 10.1. The molecule has 7 heteroatoms. The number of hydrogen-bond acceptors (Lipinski definition) is 6. The topological polar surface area (TPSA) is 119 Å². The second kappa shape index (κ2) is 6.68. The Labute approximate surface area is 121 Å². The summed E-state index contributed by atoms with van der Waals surface area (Å²) in [7, 11) is 0. The minimum Gasteiger partial charge on any atom is -0.384 e. The average Bonchev–Trinajstić information content (AvgIpc) is 3.02. The van der Waals surface area contributed by atoms with Gasteiger partial charge in [0.25, 0.3) is 0 Å². The molecule has 104 valence electrons. The molecule has 0 unspecified atom stereocenters. The SMILES string of the molecule is C#Cc1ccnc(N)c1.Nc1cc(-c2cn[nH]n2)ccn1. The number of nitrogen functional groups attached to an aromatic ring is 2. The van der Waals surface area contributed by atoms with Gasteiger partial charge in [-0.3, -0.25) is 0 Å². The highest BCUT2D eigenvalue weighted by atomic mass is 15.3. The van der Waals surface area contributed by atoms with Gasteiger partial charge in [0.2, 0.25) is 0 Å². The number of pyridine rings is 2. The van der Waals surface area contributed by atoms with E-state index < -0.39 is 0 Å². The third-order valence-electron chi connectivity index (χ3n) is 2.44. The quantitative estimate of drug-likeness (QED) is 0.574. The van der Waals surface area contributed by atoms with Crippen LogP contribution in [0.3, 0.4) is 0 Å². The molecule has 0 aliphatic rings. The van der Waals surface area contributed by atoms with Crippen molar-refractivity contribution in [3.05, 3.63) is 48.4 Å². The second-order valence-electron chi connectivity index (χ2n) is 3.94. The first-order valence-electron chi connectivity index (χ1n) is 5.95. The number of rotatable bonds is 1. The minimum atomic E-state index is 0.463. The molecule has 7 nitrogen and oxygen atoms in total. The van der Waals surface area contributed by atoms with E-state index in [-0.39, 0.29) is 0 Å². The van der Waals surface area contributed by atoms with Crippen LogP contribution in [-0.4, -0.2) is 25.4 Å². The van der Waals surface area contributed by atoms with Gasteiger partial charge in [0, 0.05) is 23.5 Å². The number of terminal acetylenes is 1. The van der Waals surface area contributed by atoms with Crippen molar-refractivity contribution in [3.8, 4) is 23.6 Å². The van der Waals surface area contributed by atoms with Crippen molar-refractivity contribution in [2.45, 2.75) is 0 Å². The Morgan fingerprint density at radius 1 is 1.05 bits per heavy atom. The van der Waals surface area contributed by atoms with Gasteiger partial charge in [0.05, 0.1) is 6.20 Å². The second-order valence-corrected chi connectivity index (χ2v) is 3.94. The lowest BCUT2D eigenvalue weighted by molar-refractivity contribution is 0.942. The highest BCUT2D eigenvalue weighted by Gasteiger charge is 1.99. The summed E-state index contributed by atoms with van der Waals surface area (Å²) in [5.74, 6) is 3.39. The van der Waals surface area contributed by atoms with E-state index in [0.717, 1.165) is 16.8 Å². The molecule has 0 saturated heterocycles. The van der Waals surface area contributed by atoms with Crippen molar-refractivity contribution in [1.29, 1.82) is 0 Å². The fourth-order valence-electron chi connectivity index (χ4n) is 1.49. The van der Waals surface area contributed by atoms with Gasteiger partial charge >= 0.3 is 0 Å². The van der Waals surface area contributed by atoms with Crippen LogP contribution in [0.15, 0.2) is 42.9 Å². The zero-order chi connectivity index (χ0) is 15.1. The zero-order valence-corrected chi connectivity index (χ0v) is 11.1. The Balaban J connectivity index is 0.000000161. The third kappa shape index (κ3) is 4.04. The lowest BCUT2D eigenvalue weighted by Gasteiger charge is -1.95. The van der Waals surface area contributed by atoms with E-state index >= 15 is 0 Å². The number of hydrogen-bond donors (Lipinski definition) is 3. The molecular formula is C14H13N7. The first-order chi connectivity index (χ1) is 10.2. The molecule has 0 aliphatic carbocycles. The van der Waals surface area contributed by atoms with Gasteiger partial charge in [-0.2, -0.15) is 15.4 Å². The molecule has 0 amide bonds. The summed E-state index contributed by atoms with van der Waals surface area (Å²) in [6, 6.07) is 6.96. The number of anilines is 2. The van der Waals surface area contributed by atoms with E-state index in [1.807, 2.05) is 6.07 Å². The van der Waals surface area contributed by atoms with Crippen molar-refractivity contribution in [3.63, 3.8) is 0 Å². The van der Waals surface area contributed by atoms with Gasteiger partial charge in [-0.1, -0.05) is 5.92 Å². The van der Waals surface area contributed by atoms with E-state index in [9.17, 15) is 0 Å². The molecule has 3 heterocycles. The maximum Gasteiger partial charge on any atom is 0.124 e. The van der Waals surface area contributed by atoms with Crippen LogP contribution in [0.25, 0.3) is 11.3 Å². The largest absolute Gasteiger partial charge is 0.384 e. The number of H-pyrrole nitrogens is 1. The molecule has 5 N–H and O–H groups in total. The summed E-state index contributed by atoms with van der Waals surface area (Å²) in [5.41, 5.74) is 13.3. The van der Waals surface area contributed by atoms with Crippen LogP contribution in [0, 0.1) is 12.3 Å². The molecule has 3 aromatic heterocycles. The minimum absolute atomic E-state index is 0.463. The Morgan fingerprint density at radius 3 is 2.29 bits per heavy atom. The smallest absolute Gasteiger partial charge is 0.124 e. The molecular weight excluding hydrogens is 266 g/mol. The molecule has 0 aliphatic heterocycles. The monoisotopic (exact) mass is 279 g/mol. The first kappa shape index (κ1) is 14.0. The lowest BCUT2D eigenvalue weighted by Crippen LogP contribution is -1.89. The highest BCUT2D eigenvalue weighted by Crippen LogP contribution is 2.15. The summed E-state index contributed by atoms with van der Waals surface area (Å²) in [4.78, 5) is 7.64. The van der Waals surface area contributed by atoms with Gasteiger partial charge in [0.15, 0.2) is 0 Å². The number of aromatic nitrogens is 5. The van der Waals surface area contributed by atoms with E-state index in [2.05, 4.69) is 31.3 Å². The van der Waals surface area contributed by atoms with Crippen LogP contribution >= 0.6 is 0 Å².